The number of hydrogen-bond donors (Lipinski definition) is 1. The van der Waals surface area contributed by atoms with Crippen molar-refractivity contribution >= 4 is 17.3 Å². The van der Waals surface area contributed by atoms with Crippen LogP contribution in [0.25, 0.3) is 11.0 Å². The monoisotopic (exact) mass is 318 g/mol. The second-order valence-corrected chi connectivity index (χ2v) is 4.91. The summed E-state index contributed by atoms with van der Waals surface area (Å²) < 4.78 is 24.5. The third-order valence-corrected chi connectivity index (χ3v) is 3.44. The number of benzene rings is 1. The quantitative estimate of drug-likeness (QED) is 0.859. The number of rotatable bonds is 5. The van der Waals surface area contributed by atoms with Crippen molar-refractivity contribution in [2.24, 2.45) is 5.92 Å². The zero-order valence-electron chi connectivity index (χ0n) is 12.0. The lowest BCUT2D eigenvalue weighted by atomic mass is 9.98. The zero-order valence-corrected chi connectivity index (χ0v) is 12.0. The second kappa shape index (κ2) is 7.09. The average molecular weight is 318 g/mol. The summed E-state index contributed by atoms with van der Waals surface area (Å²) in [5.74, 6) is 0.412. The van der Waals surface area contributed by atoms with E-state index >= 15 is 0 Å². The summed E-state index contributed by atoms with van der Waals surface area (Å²) in [5.41, 5.74) is 1.75. The van der Waals surface area contributed by atoms with Gasteiger partial charge in [0.05, 0.1) is 24.1 Å². The number of fused-ring (bicyclic) bond motifs is 1. The third kappa shape index (κ3) is 3.41. The number of aromatic amines is 1. The van der Waals surface area contributed by atoms with Crippen LogP contribution in [0.3, 0.4) is 0 Å². The van der Waals surface area contributed by atoms with Crippen LogP contribution >= 0.6 is 0 Å². The molecule has 2 unspecified atom stereocenters. The van der Waals surface area contributed by atoms with E-state index in [0.717, 1.165) is 11.0 Å². The van der Waals surface area contributed by atoms with E-state index in [9.17, 15) is 9.18 Å². The van der Waals surface area contributed by atoms with Crippen molar-refractivity contribution in [2.45, 2.75) is 20.2 Å². The van der Waals surface area contributed by atoms with Gasteiger partial charge in [-0.1, -0.05) is 19.6 Å². The molecule has 1 heterocycles. The van der Waals surface area contributed by atoms with Crippen LogP contribution in [0, 0.1) is 5.92 Å². The van der Waals surface area contributed by atoms with Crippen molar-refractivity contribution in [1.82, 2.24) is 9.97 Å². The van der Waals surface area contributed by atoms with Gasteiger partial charge < -0.3 is 19.3 Å². The number of nitrogens with zero attached hydrogens (tertiary/aromatic N) is 1. The van der Waals surface area contributed by atoms with Crippen LogP contribution < -0.4 is 0 Å². The first-order valence-corrected chi connectivity index (χ1v) is 6.85. The molecule has 0 saturated heterocycles. The van der Waals surface area contributed by atoms with Crippen LogP contribution in [0.2, 0.25) is 0 Å². The Kier molecular flexibility index (Phi) is 5.16. The number of alkyl halides is 1. The van der Waals surface area contributed by atoms with Gasteiger partial charge >= 0.3 is 0 Å². The minimum Gasteiger partial charge on any atom is -0.493 e. The van der Waals surface area contributed by atoms with Gasteiger partial charge in [-0.25, -0.2) is 9.37 Å². The minimum atomic E-state index is -1.41. The Bertz CT molecular complexity index is 718. The van der Waals surface area contributed by atoms with E-state index in [1.165, 1.54) is 19.3 Å². The number of halogens is 1. The topological polar surface area (TPSA) is 64.2 Å². The van der Waals surface area contributed by atoms with E-state index in [1.54, 1.807) is 0 Å². The maximum absolute atomic E-state index is 13.8. The van der Waals surface area contributed by atoms with Gasteiger partial charge in [0.2, 0.25) is 0 Å². The summed E-state index contributed by atoms with van der Waals surface area (Å²) in [6.45, 7) is 0.152. The van der Waals surface area contributed by atoms with E-state index in [-0.39, 0.29) is 19.8 Å². The van der Waals surface area contributed by atoms with Crippen molar-refractivity contribution in [3.05, 3.63) is 53.8 Å². The first-order valence-electron chi connectivity index (χ1n) is 6.85. The van der Waals surface area contributed by atoms with E-state index in [0.29, 0.717) is 17.9 Å². The predicted molar refractivity (Wildman–Crippen MR) is 85.2 cm³/mol. The first kappa shape index (κ1) is 16.7. The standard InChI is InChI=1S/C16H15FN2O3.CH4/c1-21-14-6-10(8-20)11(17)7-15(14)22-9-16-18-12-4-2-3-5-13(12)19-16;/h2-8,10-11H,9H2,1H3,(H,18,19);1H4. The first-order chi connectivity index (χ1) is 10.7. The number of hydrogen-bond acceptors (Lipinski definition) is 4. The van der Waals surface area contributed by atoms with Gasteiger partial charge in [-0.15, -0.1) is 0 Å². The summed E-state index contributed by atoms with van der Waals surface area (Å²) in [4.78, 5) is 18.3. The molecule has 1 aliphatic carbocycles. The van der Waals surface area contributed by atoms with Crippen molar-refractivity contribution in [1.29, 1.82) is 0 Å². The number of aromatic nitrogens is 2. The highest BCUT2D eigenvalue weighted by molar-refractivity contribution is 5.74. The molecule has 0 radical (unpaired) electrons. The molecule has 6 heteroatoms. The number of imidazole rings is 1. The molecule has 0 saturated carbocycles. The second-order valence-electron chi connectivity index (χ2n) is 4.91. The number of ether oxygens (including phenoxy) is 2. The number of carbonyl (C=O) groups is 1. The van der Waals surface area contributed by atoms with Crippen LogP contribution in [0.1, 0.15) is 13.3 Å². The summed E-state index contributed by atoms with van der Waals surface area (Å²) in [5, 5.41) is 0. The van der Waals surface area contributed by atoms with Gasteiger partial charge in [-0.3, -0.25) is 0 Å². The molecule has 5 nitrogen and oxygen atoms in total. The Hall–Kier alpha value is -2.63. The van der Waals surface area contributed by atoms with Gasteiger partial charge in [0.25, 0.3) is 0 Å². The van der Waals surface area contributed by atoms with Crippen LogP contribution in [-0.4, -0.2) is 29.5 Å². The van der Waals surface area contributed by atoms with E-state index in [4.69, 9.17) is 9.47 Å². The highest BCUT2D eigenvalue weighted by Gasteiger charge is 2.26. The molecule has 23 heavy (non-hydrogen) atoms. The number of nitrogens with one attached hydrogen (secondary N) is 1. The number of para-hydroxylation sites is 2. The molecule has 0 spiro atoms. The molecule has 2 atom stereocenters. The lowest BCUT2D eigenvalue weighted by Gasteiger charge is -2.20. The summed E-state index contributed by atoms with van der Waals surface area (Å²) in [6, 6.07) is 7.62. The van der Waals surface area contributed by atoms with E-state index < -0.39 is 12.1 Å². The minimum absolute atomic E-state index is 0. The zero-order chi connectivity index (χ0) is 15.5. The van der Waals surface area contributed by atoms with Gasteiger partial charge in [-0.05, 0) is 24.3 Å². The Labute approximate surface area is 133 Å². The number of H-pyrrole nitrogens is 1. The molecule has 1 aromatic carbocycles. The molecule has 0 amide bonds. The average Bonchev–Trinajstić information content (AvgIpc) is 2.95. The predicted octanol–water partition coefficient (Wildman–Crippen LogP) is 3.30. The molecule has 2 aromatic rings. The van der Waals surface area contributed by atoms with E-state index in [2.05, 4.69) is 9.97 Å². The van der Waals surface area contributed by atoms with Gasteiger partial charge in [0, 0.05) is 0 Å². The van der Waals surface area contributed by atoms with Crippen molar-refractivity contribution in [2.75, 3.05) is 7.11 Å². The highest BCUT2D eigenvalue weighted by atomic mass is 19.1. The van der Waals surface area contributed by atoms with Crippen LogP contribution in [0.4, 0.5) is 4.39 Å². The van der Waals surface area contributed by atoms with Crippen molar-refractivity contribution in [3.8, 4) is 0 Å². The third-order valence-electron chi connectivity index (χ3n) is 3.44. The number of methoxy groups -OCH3 is 1. The van der Waals surface area contributed by atoms with Crippen LogP contribution in [0.15, 0.2) is 47.9 Å². The fourth-order valence-corrected chi connectivity index (χ4v) is 2.31. The molecule has 0 fully saturated rings. The molecule has 1 aliphatic rings. The molecule has 0 bridgehead atoms. The Balaban J connectivity index is 0.00000192. The number of carbonyl (C=O) groups excluding carboxylic acids is 1. The number of aldehydes is 1. The van der Waals surface area contributed by atoms with Crippen LogP contribution in [0.5, 0.6) is 0 Å². The maximum atomic E-state index is 13.8. The lowest BCUT2D eigenvalue weighted by molar-refractivity contribution is -0.111. The van der Waals surface area contributed by atoms with Gasteiger partial charge in [0.15, 0.2) is 11.5 Å². The molecule has 3 rings (SSSR count). The Morgan fingerprint density at radius 1 is 1.30 bits per heavy atom. The fourth-order valence-electron chi connectivity index (χ4n) is 2.31. The van der Waals surface area contributed by atoms with Gasteiger partial charge in [0.1, 0.15) is 24.9 Å². The van der Waals surface area contributed by atoms with Crippen LogP contribution in [-0.2, 0) is 20.9 Å². The summed E-state index contributed by atoms with van der Waals surface area (Å²) in [6.07, 6.45) is 1.81. The highest BCUT2D eigenvalue weighted by Crippen LogP contribution is 2.26. The molecular weight excluding hydrogens is 299 g/mol. The smallest absolute Gasteiger partial charge is 0.160 e. The maximum Gasteiger partial charge on any atom is 0.160 e. The molecular formula is C17H19FN2O3. The Morgan fingerprint density at radius 2 is 2.09 bits per heavy atom. The lowest BCUT2D eigenvalue weighted by Crippen LogP contribution is -2.20. The largest absolute Gasteiger partial charge is 0.493 e. The fraction of sp³-hybridized carbons (Fsp3) is 0.294. The molecule has 1 aromatic heterocycles. The normalized spacial score (nSPS) is 20.3. The molecule has 0 aliphatic heterocycles. The molecule has 122 valence electrons. The van der Waals surface area contributed by atoms with Crippen molar-refractivity contribution in [3.63, 3.8) is 0 Å². The van der Waals surface area contributed by atoms with Gasteiger partial charge in [-0.2, -0.15) is 0 Å². The SMILES string of the molecule is C.COC1=CC(C=O)C(F)C=C1OCc1nc2ccccc2[nH]1. The number of allylic oxidation sites excluding steroid dienone is 2. The Morgan fingerprint density at radius 3 is 2.78 bits per heavy atom. The molecule has 1 N–H and O–H groups in total. The van der Waals surface area contributed by atoms with Crippen molar-refractivity contribution < 1.29 is 18.7 Å². The summed E-state index contributed by atoms with van der Waals surface area (Å²) >= 11 is 0. The summed E-state index contributed by atoms with van der Waals surface area (Å²) in [7, 11) is 1.45. The van der Waals surface area contributed by atoms with E-state index in [1.807, 2.05) is 24.3 Å².